The molecule has 1 aromatic heterocycles. The fourth-order valence-electron chi connectivity index (χ4n) is 2.14. The zero-order valence-corrected chi connectivity index (χ0v) is 14.1. The first-order valence-electron chi connectivity index (χ1n) is 6.70. The van der Waals surface area contributed by atoms with E-state index in [4.69, 9.17) is 5.73 Å². The summed E-state index contributed by atoms with van der Waals surface area (Å²) in [6.07, 6.45) is 1.84. The van der Waals surface area contributed by atoms with Gasteiger partial charge in [-0.3, -0.25) is 0 Å². The fourth-order valence-corrected chi connectivity index (χ4v) is 3.31. The predicted molar refractivity (Wildman–Crippen MR) is 86.9 cm³/mol. The van der Waals surface area contributed by atoms with Crippen LogP contribution in [0.2, 0.25) is 0 Å². The van der Waals surface area contributed by atoms with Gasteiger partial charge >= 0.3 is 0 Å². The molecule has 2 N–H and O–H groups in total. The normalized spacial score (nSPS) is 10.8. The molecular formula is C15H18BrN3S. The molecule has 106 valence electrons. The Morgan fingerprint density at radius 1 is 1.05 bits per heavy atom. The highest BCUT2D eigenvalue weighted by molar-refractivity contribution is 9.10. The molecule has 5 heteroatoms. The van der Waals surface area contributed by atoms with Crippen molar-refractivity contribution in [2.75, 3.05) is 0 Å². The lowest BCUT2D eigenvalue weighted by Crippen LogP contribution is -2.10. The summed E-state index contributed by atoms with van der Waals surface area (Å²) in [5.41, 5.74) is 9.39. The molecule has 0 radical (unpaired) electrons. The Labute approximate surface area is 132 Å². The number of nitrogens with two attached hydrogens (primary N) is 1. The summed E-state index contributed by atoms with van der Waals surface area (Å²) in [5, 5.41) is 9.64. The fraction of sp³-hybridized carbons (Fsp3) is 0.333. The summed E-state index contributed by atoms with van der Waals surface area (Å²) < 4.78 is 1.07. The maximum atomic E-state index is 5.94. The minimum absolute atomic E-state index is 0.505. The highest BCUT2D eigenvalue weighted by atomic mass is 79.9. The molecule has 0 aliphatic carbocycles. The smallest absolute Gasteiger partial charge is 0.128 e. The third-order valence-electron chi connectivity index (χ3n) is 3.15. The molecule has 0 aliphatic rings. The Balaban J connectivity index is 2.38. The molecule has 2 aromatic rings. The molecule has 2 rings (SSSR count). The van der Waals surface area contributed by atoms with E-state index in [1.165, 1.54) is 5.56 Å². The van der Waals surface area contributed by atoms with E-state index in [-0.39, 0.29) is 0 Å². The van der Waals surface area contributed by atoms with Crippen molar-refractivity contribution in [1.29, 1.82) is 0 Å². The van der Waals surface area contributed by atoms with Gasteiger partial charge in [0.25, 0.3) is 0 Å². The van der Waals surface area contributed by atoms with Crippen molar-refractivity contribution in [3.05, 3.63) is 45.6 Å². The molecule has 0 saturated carbocycles. The predicted octanol–water partition coefficient (Wildman–Crippen LogP) is 3.97. The molecule has 1 aromatic carbocycles. The van der Waals surface area contributed by atoms with Crippen LogP contribution in [0.1, 0.15) is 30.7 Å². The van der Waals surface area contributed by atoms with E-state index in [9.17, 15) is 0 Å². The van der Waals surface area contributed by atoms with Crippen LogP contribution in [-0.4, -0.2) is 10.2 Å². The second kappa shape index (κ2) is 7.20. The minimum Gasteiger partial charge on any atom is -0.326 e. The number of nitrogens with zero attached hydrogens (tertiary/aromatic N) is 2. The van der Waals surface area contributed by atoms with Gasteiger partial charge in [0.2, 0.25) is 0 Å². The highest BCUT2D eigenvalue weighted by Gasteiger charge is 2.14. The topological polar surface area (TPSA) is 51.8 Å². The van der Waals surface area contributed by atoms with Gasteiger partial charge in [-0.05, 0) is 42.7 Å². The number of hydrogen-bond donors (Lipinski definition) is 1. The molecule has 3 nitrogen and oxygen atoms in total. The van der Waals surface area contributed by atoms with Crippen molar-refractivity contribution in [3.63, 3.8) is 0 Å². The molecule has 0 aliphatic heterocycles. The molecule has 20 heavy (non-hydrogen) atoms. The highest BCUT2D eigenvalue weighted by Crippen LogP contribution is 2.31. The van der Waals surface area contributed by atoms with E-state index < -0.39 is 0 Å². The van der Waals surface area contributed by atoms with E-state index >= 15 is 0 Å². The molecule has 0 spiro atoms. The summed E-state index contributed by atoms with van der Waals surface area (Å²) in [5.74, 6) is 0. The van der Waals surface area contributed by atoms with Gasteiger partial charge in [0, 0.05) is 21.5 Å². The van der Waals surface area contributed by atoms with Gasteiger partial charge in [-0.1, -0.05) is 41.5 Å². The minimum atomic E-state index is 0.505. The summed E-state index contributed by atoms with van der Waals surface area (Å²) in [6, 6.07) is 8.18. The molecule has 0 amide bonds. The zero-order valence-electron chi connectivity index (χ0n) is 11.7. The molecular weight excluding hydrogens is 334 g/mol. The maximum absolute atomic E-state index is 5.94. The summed E-state index contributed by atoms with van der Waals surface area (Å²) in [7, 11) is 0. The standard InChI is InChI=1S/C15H18BrN3S/c1-3-12-13(9-17)15(19-18-14(12)4-2)20-11-7-5-10(16)6-8-11/h5-8H,3-4,9,17H2,1-2H3. The second-order valence-corrected chi connectivity index (χ2v) is 6.35. The van der Waals surface area contributed by atoms with Gasteiger partial charge in [0.1, 0.15) is 5.03 Å². The van der Waals surface area contributed by atoms with Crippen molar-refractivity contribution in [1.82, 2.24) is 10.2 Å². The van der Waals surface area contributed by atoms with E-state index in [0.29, 0.717) is 6.54 Å². The Morgan fingerprint density at radius 2 is 1.75 bits per heavy atom. The molecule has 0 atom stereocenters. The first-order chi connectivity index (χ1) is 9.69. The zero-order chi connectivity index (χ0) is 14.5. The Hall–Kier alpha value is -0.910. The van der Waals surface area contributed by atoms with Crippen molar-refractivity contribution >= 4 is 27.7 Å². The summed E-state index contributed by atoms with van der Waals surface area (Å²) in [6.45, 7) is 4.75. The van der Waals surface area contributed by atoms with Crippen LogP contribution in [0, 0.1) is 0 Å². The van der Waals surface area contributed by atoms with Crippen molar-refractivity contribution in [2.45, 2.75) is 43.2 Å². The number of aryl methyl sites for hydroxylation is 1. The van der Waals surface area contributed by atoms with E-state index in [1.54, 1.807) is 11.8 Å². The molecule has 0 saturated heterocycles. The average Bonchev–Trinajstić information content (AvgIpc) is 2.48. The first-order valence-corrected chi connectivity index (χ1v) is 8.31. The van der Waals surface area contributed by atoms with E-state index in [2.05, 4.69) is 52.1 Å². The quantitative estimate of drug-likeness (QED) is 0.885. The Bertz CT molecular complexity index is 584. The van der Waals surface area contributed by atoms with Crippen molar-refractivity contribution in [2.24, 2.45) is 5.73 Å². The van der Waals surface area contributed by atoms with Crippen LogP contribution in [0.5, 0.6) is 0 Å². The van der Waals surface area contributed by atoms with E-state index in [0.717, 1.165) is 38.5 Å². The van der Waals surface area contributed by atoms with Crippen LogP contribution in [0.3, 0.4) is 0 Å². The van der Waals surface area contributed by atoms with Crippen LogP contribution < -0.4 is 5.73 Å². The van der Waals surface area contributed by atoms with Crippen LogP contribution in [-0.2, 0) is 19.4 Å². The van der Waals surface area contributed by atoms with Crippen LogP contribution >= 0.6 is 27.7 Å². The first kappa shape index (κ1) is 15.5. The SMILES string of the molecule is CCc1nnc(Sc2ccc(Br)cc2)c(CN)c1CC. The van der Waals surface area contributed by atoms with Crippen molar-refractivity contribution in [3.8, 4) is 0 Å². The lowest BCUT2D eigenvalue weighted by atomic mass is 10.0. The number of halogens is 1. The van der Waals surface area contributed by atoms with Gasteiger partial charge in [-0.25, -0.2) is 0 Å². The molecule has 0 bridgehead atoms. The van der Waals surface area contributed by atoms with Crippen LogP contribution in [0.25, 0.3) is 0 Å². The lowest BCUT2D eigenvalue weighted by Gasteiger charge is -2.13. The van der Waals surface area contributed by atoms with Gasteiger partial charge in [0.05, 0.1) is 5.69 Å². The molecule has 1 heterocycles. The van der Waals surface area contributed by atoms with Gasteiger partial charge in [-0.2, -0.15) is 5.10 Å². The number of aromatic nitrogens is 2. The Morgan fingerprint density at radius 3 is 2.30 bits per heavy atom. The van der Waals surface area contributed by atoms with Gasteiger partial charge in [0.15, 0.2) is 0 Å². The van der Waals surface area contributed by atoms with Gasteiger partial charge < -0.3 is 5.73 Å². The molecule has 0 unspecified atom stereocenters. The summed E-state index contributed by atoms with van der Waals surface area (Å²) in [4.78, 5) is 1.14. The maximum Gasteiger partial charge on any atom is 0.128 e. The monoisotopic (exact) mass is 351 g/mol. The number of rotatable bonds is 5. The van der Waals surface area contributed by atoms with Gasteiger partial charge in [-0.15, -0.1) is 5.10 Å². The van der Waals surface area contributed by atoms with E-state index in [1.807, 2.05) is 12.1 Å². The number of benzene rings is 1. The Kier molecular flexibility index (Phi) is 5.57. The third kappa shape index (κ3) is 3.40. The second-order valence-electron chi connectivity index (χ2n) is 4.38. The average molecular weight is 352 g/mol. The van der Waals surface area contributed by atoms with Crippen LogP contribution in [0.15, 0.2) is 38.7 Å². The third-order valence-corrected chi connectivity index (χ3v) is 4.71. The van der Waals surface area contributed by atoms with Crippen LogP contribution in [0.4, 0.5) is 0 Å². The number of hydrogen-bond acceptors (Lipinski definition) is 4. The van der Waals surface area contributed by atoms with Crippen molar-refractivity contribution < 1.29 is 0 Å². The largest absolute Gasteiger partial charge is 0.326 e. The summed E-state index contributed by atoms with van der Waals surface area (Å²) >= 11 is 5.07. The lowest BCUT2D eigenvalue weighted by molar-refractivity contribution is 0.782. The molecule has 0 fully saturated rings.